The van der Waals surface area contributed by atoms with Gasteiger partial charge in [-0.05, 0) is 50.3 Å². The Hall–Kier alpha value is -1.37. The molecule has 11 heteroatoms. The second-order valence-corrected chi connectivity index (χ2v) is 8.67. The van der Waals surface area contributed by atoms with Crippen LogP contribution in [0.1, 0.15) is 32.7 Å². The minimum Gasteiger partial charge on any atom is -0.463 e. The number of hydrogen-bond acceptors (Lipinski definition) is 6. The maximum atomic E-state index is 12.9. The number of nitrogens with zero attached hydrogens (tertiary/aromatic N) is 2. The van der Waals surface area contributed by atoms with E-state index in [0.717, 1.165) is 11.0 Å². The van der Waals surface area contributed by atoms with Crippen LogP contribution >= 0.6 is 33.9 Å². The van der Waals surface area contributed by atoms with Gasteiger partial charge in [0.05, 0.1) is 6.61 Å². The van der Waals surface area contributed by atoms with Crippen molar-refractivity contribution in [3.05, 3.63) is 20.0 Å². The first kappa shape index (κ1) is 22.7. The van der Waals surface area contributed by atoms with E-state index in [9.17, 15) is 22.8 Å². The van der Waals surface area contributed by atoms with Crippen LogP contribution in [0.5, 0.6) is 0 Å². The summed E-state index contributed by atoms with van der Waals surface area (Å²) in [4.78, 5) is 28.2. The van der Waals surface area contributed by atoms with Gasteiger partial charge in [-0.25, -0.2) is 14.6 Å². The number of amides is 1. The molecule has 6 nitrogen and oxygen atoms in total. The summed E-state index contributed by atoms with van der Waals surface area (Å²) in [6.07, 6.45) is -3.11. The third-order valence-corrected chi connectivity index (χ3v) is 4.53. The molecule has 0 spiro atoms. The normalized spacial score (nSPS) is 12.3. The molecule has 0 aromatic carbocycles. The van der Waals surface area contributed by atoms with Crippen LogP contribution in [-0.4, -0.2) is 35.8 Å². The Balaban J connectivity index is 3.14. The number of thiazole rings is 1. The Morgan fingerprint density at radius 3 is 2.38 bits per heavy atom. The monoisotopic (exact) mass is 506 g/mol. The number of alkyl halides is 3. The van der Waals surface area contributed by atoms with Crippen molar-refractivity contribution in [3.8, 4) is 0 Å². The number of carbonyl (C=O) groups excluding carboxylic acids is 2. The topological polar surface area (TPSA) is 68.7 Å². The summed E-state index contributed by atoms with van der Waals surface area (Å²) >= 11 is 2.09. The average molecular weight is 506 g/mol. The lowest BCUT2D eigenvalue weighted by Gasteiger charge is -2.25. The first-order valence-corrected chi connectivity index (χ1v) is 9.32. The number of rotatable bonds is 5. The SMILES string of the molecule is CCOC(=O)/C=C/CN(C(=O)OC(C)(C)C)c1nc(C(F)(F)F)sc1I. The predicted octanol–water partition coefficient (Wildman–Crippen LogP) is 4.63. The van der Waals surface area contributed by atoms with Gasteiger partial charge in [0.15, 0.2) is 5.82 Å². The molecule has 1 aromatic rings. The van der Waals surface area contributed by atoms with Gasteiger partial charge in [0.1, 0.15) is 8.48 Å². The summed E-state index contributed by atoms with van der Waals surface area (Å²) in [6.45, 7) is 6.50. The van der Waals surface area contributed by atoms with Crippen molar-refractivity contribution >= 4 is 51.8 Å². The predicted molar refractivity (Wildman–Crippen MR) is 99.2 cm³/mol. The molecule has 0 radical (unpaired) electrons. The van der Waals surface area contributed by atoms with E-state index >= 15 is 0 Å². The number of halogens is 4. The highest BCUT2D eigenvalue weighted by molar-refractivity contribution is 14.1. The lowest BCUT2D eigenvalue weighted by atomic mass is 10.2. The number of aromatic nitrogens is 1. The van der Waals surface area contributed by atoms with Crippen LogP contribution < -0.4 is 4.90 Å². The van der Waals surface area contributed by atoms with E-state index in [0.29, 0.717) is 11.3 Å². The van der Waals surface area contributed by atoms with E-state index in [1.807, 2.05) is 0 Å². The summed E-state index contributed by atoms with van der Waals surface area (Å²) in [5.74, 6) is -0.800. The molecule has 1 aromatic heterocycles. The van der Waals surface area contributed by atoms with Crippen molar-refractivity contribution in [1.82, 2.24) is 4.98 Å². The molecular weight excluding hydrogens is 488 g/mol. The fraction of sp³-hybridized carbons (Fsp3) is 0.533. The molecule has 0 fully saturated rings. The molecule has 0 saturated heterocycles. The second-order valence-electron chi connectivity index (χ2n) is 5.86. The number of anilines is 1. The summed E-state index contributed by atoms with van der Waals surface area (Å²) in [5, 5.41) is -1.07. The van der Waals surface area contributed by atoms with E-state index in [1.54, 1.807) is 50.3 Å². The standard InChI is InChI=1S/C15H18F3IN2O4S/c1-5-24-9(22)7-6-8-21(13(23)25-14(2,3)4)11-10(19)26-12(20-11)15(16,17)18/h6-7H,5,8H2,1-4H3/b7-6+. The number of esters is 1. The van der Waals surface area contributed by atoms with Crippen molar-refractivity contribution in [2.45, 2.75) is 39.5 Å². The molecule has 1 heterocycles. The van der Waals surface area contributed by atoms with Crippen molar-refractivity contribution in [1.29, 1.82) is 0 Å². The van der Waals surface area contributed by atoms with E-state index in [2.05, 4.69) is 4.98 Å². The Morgan fingerprint density at radius 1 is 1.31 bits per heavy atom. The van der Waals surface area contributed by atoms with Crippen LogP contribution in [0.15, 0.2) is 12.2 Å². The minimum absolute atomic E-state index is 0.172. The van der Waals surface area contributed by atoms with E-state index < -0.39 is 28.8 Å². The number of carbonyl (C=O) groups is 2. The first-order valence-electron chi connectivity index (χ1n) is 7.42. The average Bonchev–Trinajstić information content (AvgIpc) is 2.84. The Morgan fingerprint density at radius 2 is 1.92 bits per heavy atom. The van der Waals surface area contributed by atoms with Crippen molar-refractivity contribution in [2.75, 3.05) is 18.1 Å². The quantitative estimate of drug-likeness (QED) is 0.331. The minimum atomic E-state index is -4.62. The zero-order valence-corrected chi connectivity index (χ0v) is 17.5. The van der Waals surface area contributed by atoms with Crippen LogP contribution in [0.4, 0.5) is 23.8 Å². The molecule has 0 aliphatic rings. The zero-order chi connectivity index (χ0) is 20.1. The summed E-state index contributed by atoms with van der Waals surface area (Å²) < 4.78 is 48.8. The fourth-order valence-electron chi connectivity index (χ4n) is 1.59. The van der Waals surface area contributed by atoms with Crippen LogP contribution in [0.2, 0.25) is 0 Å². The lowest BCUT2D eigenvalue weighted by molar-refractivity contribution is -0.138. The van der Waals surface area contributed by atoms with Gasteiger partial charge in [-0.3, -0.25) is 4.90 Å². The molecule has 0 atom stereocenters. The molecular formula is C15H18F3IN2O4S. The lowest BCUT2D eigenvalue weighted by Crippen LogP contribution is -2.37. The summed E-state index contributed by atoms with van der Waals surface area (Å²) in [6, 6.07) is 0. The van der Waals surface area contributed by atoms with Crippen LogP contribution in [0.3, 0.4) is 0 Å². The zero-order valence-electron chi connectivity index (χ0n) is 14.5. The van der Waals surface area contributed by atoms with Crippen molar-refractivity contribution in [2.24, 2.45) is 0 Å². The molecule has 146 valence electrons. The number of ether oxygens (including phenoxy) is 2. The molecule has 0 aliphatic heterocycles. The van der Waals surface area contributed by atoms with Gasteiger partial charge in [0.2, 0.25) is 5.01 Å². The van der Waals surface area contributed by atoms with Gasteiger partial charge in [-0.2, -0.15) is 13.2 Å². The largest absolute Gasteiger partial charge is 0.463 e. The van der Waals surface area contributed by atoms with Crippen LogP contribution in [-0.2, 0) is 20.4 Å². The maximum absolute atomic E-state index is 12.9. The van der Waals surface area contributed by atoms with Gasteiger partial charge >= 0.3 is 18.2 Å². The van der Waals surface area contributed by atoms with E-state index in [1.165, 1.54) is 6.08 Å². The van der Waals surface area contributed by atoms with Gasteiger partial charge in [-0.15, -0.1) is 11.3 Å². The highest BCUT2D eigenvalue weighted by Crippen LogP contribution is 2.38. The Bertz CT molecular complexity index is 683. The van der Waals surface area contributed by atoms with Gasteiger partial charge in [0, 0.05) is 12.6 Å². The fourth-order valence-corrected chi connectivity index (χ4v) is 3.29. The van der Waals surface area contributed by atoms with Gasteiger partial charge < -0.3 is 9.47 Å². The number of hydrogen-bond donors (Lipinski definition) is 0. The van der Waals surface area contributed by atoms with E-state index in [-0.39, 0.29) is 21.9 Å². The summed E-state index contributed by atoms with van der Waals surface area (Å²) in [5.41, 5.74) is -0.853. The molecule has 0 aliphatic carbocycles. The maximum Gasteiger partial charge on any atom is 0.443 e. The smallest absolute Gasteiger partial charge is 0.443 e. The highest BCUT2D eigenvalue weighted by atomic mass is 127. The molecule has 1 rings (SSSR count). The highest BCUT2D eigenvalue weighted by Gasteiger charge is 2.37. The molecule has 0 saturated carbocycles. The van der Waals surface area contributed by atoms with Crippen molar-refractivity contribution in [3.63, 3.8) is 0 Å². The van der Waals surface area contributed by atoms with Crippen LogP contribution in [0.25, 0.3) is 0 Å². The molecule has 0 N–H and O–H groups in total. The third kappa shape index (κ3) is 7.09. The Kier molecular flexibility index (Phi) is 7.86. The van der Waals surface area contributed by atoms with Gasteiger partial charge in [0.25, 0.3) is 0 Å². The molecule has 0 bridgehead atoms. The second kappa shape index (κ2) is 9.02. The van der Waals surface area contributed by atoms with Crippen LogP contribution in [0, 0.1) is 2.88 Å². The summed E-state index contributed by atoms with van der Waals surface area (Å²) in [7, 11) is 0. The third-order valence-electron chi connectivity index (χ3n) is 2.51. The molecule has 26 heavy (non-hydrogen) atoms. The van der Waals surface area contributed by atoms with Crippen molar-refractivity contribution < 1.29 is 32.2 Å². The van der Waals surface area contributed by atoms with E-state index in [4.69, 9.17) is 9.47 Å². The van der Waals surface area contributed by atoms with Gasteiger partial charge in [-0.1, -0.05) is 6.08 Å². The molecule has 1 amide bonds. The Labute approximate surface area is 166 Å². The first-order chi connectivity index (χ1) is 11.8. The molecule has 0 unspecified atom stereocenters.